The number of thiophene rings is 1. The number of aliphatic carboxylic acids is 1. The molecule has 0 aliphatic rings. The smallest absolute Gasteiger partial charge is 0.331 e. The van der Waals surface area contributed by atoms with Crippen molar-refractivity contribution in [2.45, 2.75) is 39.3 Å². The van der Waals surface area contributed by atoms with Gasteiger partial charge in [-0.1, -0.05) is 13.0 Å². The first-order chi connectivity index (χ1) is 9.01. The lowest BCUT2D eigenvalue weighted by molar-refractivity contribution is -0.139. The molecule has 5 nitrogen and oxygen atoms in total. The van der Waals surface area contributed by atoms with Gasteiger partial charge in [0, 0.05) is 17.5 Å². The first-order valence-corrected chi connectivity index (χ1v) is 7.22. The van der Waals surface area contributed by atoms with E-state index in [-0.39, 0.29) is 12.1 Å². The van der Waals surface area contributed by atoms with Gasteiger partial charge in [-0.25, -0.2) is 9.59 Å². The number of hydrogen-bond donors (Lipinski definition) is 2. The molecular formula is C13H20N2O3S. The molecule has 0 aliphatic heterocycles. The van der Waals surface area contributed by atoms with Gasteiger partial charge in [-0.05, 0) is 31.7 Å². The molecule has 106 valence electrons. The second-order valence-corrected chi connectivity index (χ2v) is 5.26. The number of rotatable bonds is 6. The second-order valence-electron chi connectivity index (χ2n) is 4.28. The Bertz CT molecular complexity index is 420. The number of nitrogens with zero attached hydrogens (tertiary/aromatic N) is 1. The average molecular weight is 284 g/mol. The van der Waals surface area contributed by atoms with Gasteiger partial charge in [0.15, 0.2) is 6.04 Å². The van der Waals surface area contributed by atoms with Crippen LogP contribution in [-0.2, 0) is 4.79 Å². The third-order valence-corrected chi connectivity index (χ3v) is 4.00. The molecule has 2 atom stereocenters. The third kappa shape index (κ3) is 3.96. The van der Waals surface area contributed by atoms with Gasteiger partial charge < -0.3 is 15.3 Å². The van der Waals surface area contributed by atoms with Crippen LogP contribution in [0.1, 0.15) is 38.1 Å². The Kier molecular flexibility index (Phi) is 5.82. The van der Waals surface area contributed by atoms with E-state index < -0.39 is 12.0 Å². The number of urea groups is 1. The van der Waals surface area contributed by atoms with Gasteiger partial charge in [0.1, 0.15) is 0 Å². The highest BCUT2D eigenvalue weighted by Crippen LogP contribution is 2.19. The number of amides is 2. The molecular weight excluding hydrogens is 264 g/mol. The third-order valence-electron chi connectivity index (χ3n) is 3.07. The van der Waals surface area contributed by atoms with Crippen molar-refractivity contribution in [2.75, 3.05) is 6.54 Å². The van der Waals surface area contributed by atoms with Crippen LogP contribution in [0.25, 0.3) is 0 Å². The summed E-state index contributed by atoms with van der Waals surface area (Å²) in [6, 6.07) is 2.25. The highest BCUT2D eigenvalue weighted by atomic mass is 32.1. The summed E-state index contributed by atoms with van der Waals surface area (Å²) in [6.07, 6.45) is 0.831. The lowest BCUT2D eigenvalue weighted by atomic mass is 10.2. The molecule has 2 N–H and O–H groups in total. The molecule has 1 rings (SSSR count). The Morgan fingerprint density at radius 2 is 2.16 bits per heavy atom. The van der Waals surface area contributed by atoms with Crippen molar-refractivity contribution in [3.05, 3.63) is 22.4 Å². The van der Waals surface area contributed by atoms with E-state index in [2.05, 4.69) is 5.32 Å². The molecule has 1 aromatic heterocycles. The molecule has 19 heavy (non-hydrogen) atoms. The van der Waals surface area contributed by atoms with E-state index in [9.17, 15) is 14.7 Å². The Balaban J connectivity index is 2.79. The van der Waals surface area contributed by atoms with Gasteiger partial charge in [0.2, 0.25) is 0 Å². The van der Waals surface area contributed by atoms with Crippen molar-refractivity contribution in [1.29, 1.82) is 0 Å². The second kappa shape index (κ2) is 7.13. The number of carboxylic acid groups (broad SMARTS) is 1. The van der Waals surface area contributed by atoms with Gasteiger partial charge in [0.05, 0.1) is 0 Å². The zero-order valence-corrected chi connectivity index (χ0v) is 12.2. The number of nitrogens with one attached hydrogen (secondary N) is 1. The minimum Gasteiger partial charge on any atom is -0.479 e. The summed E-state index contributed by atoms with van der Waals surface area (Å²) in [5.41, 5.74) is 0. The van der Waals surface area contributed by atoms with E-state index in [1.54, 1.807) is 22.4 Å². The van der Waals surface area contributed by atoms with Crippen molar-refractivity contribution < 1.29 is 14.7 Å². The van der Waals surface area contributed by atoms with E-state index in [4.69, 9.17) is 0 Å². The lowest BCUT2D eigenvalue weighted by Crippen LogP contribution is -2.47. The molecule has 2 unspecified atom stereocenters. The monoisotopic (exact) mass is 284 g/mol. The number of carboxylic acids is 1. The first-order valence-electron chi connectivity index (χ1n) is 6.34. The summed E-state index contributed by atoms with van der Waals surface area (Å²) in [4.78, 5) is 25.7. The number of carbonyl (C=O) groups is 2. The van der Waals surface area contributed by atoms with Crippen molar-refractivity contribution in [3.8, 4) is 0 Å². The molecule has 0 saturated heterocycles. The van der Waals surface area contributed by atoms with Gasteiger partial charge in [0.25, 0.3) is 0 Å². The fourth-order valence-corrected chi connectivity index (χ4v) is 2.56. The molecule has 6 heteroatoms. The molecule has 0 aliphatic carbocycles. The molecule has 0 bridgehead atoms. The van der Waals surface area contributed by atoms with Crippen LogP contribution in [0.2, 0.25) is 0 Å². The minimum atomic E-state index is -1.05. The topological polar surface area (TPSA) is 69.6 Å². The van der Waals surface area contributed by atoms with Gasteiger partial charge in [-0.3, -0.25) is 0 Å². The molecule has 1 heterocycles. The first kappa shape index (κ1) is 15.5. The predicted octanol–water partition coefficient (Wildman–Crippen LogP) is 2.70. The van der Waals surface area contributed by atoms with E-state index in [0.717, 1.165) is 6.42 Å². The van der Waals surface area contributed by atoms with Crippen molar-refractivity contribution >= 4 is 23.3 Å². The summed E-state index contributed by atoms with van der Waals surface area (Å²) < 4.78 is 0. The maximum atomic E-state index is 12.1. The summed E-state index contributed by atoms with van der Waals surface area (Å²) in [6.45, 7) is 6.38. The standard InChI is InChI=1S/C13H20N2O3S/c1-4-9(3)15(5-2)13(18)14-11(12(16)17)10-7-6-8-19-10/h6-9,11H,4-5H2,1-3H3,(H,14,18)(H,16,17). The molecule has 0 aromatic carbocycles. The van der Waals surface area contributed by atoms with Crippen LogP contribution in [0, 0.1) is 0 Å². The Morgan fingerprint density at radius 3 is 2.58 bits per heavy atom. The van der Waals surface area contributed by atoms with Gasteiger partial charge in [-0.2, -0.15) is 0 Å². The Morgan fingerprint density at radius 1 is 1.47 bits per heavy atom. The summed E-state index contributed by atoms with van der Waals surface area (Å²) in [5, 5.41) is 13.6. The largest absolute Gasteiger partial charge is 0.479 e. The van der Waals surface area contributed by atoms with Crippen LogP contribution in [-0.4, -0.2) is 34.6 Å². The molecule has 0 spiro atoms. The summed E-state index contributed by atoms with van der Waals surface area (Å²) >= 11 is 1.32. The van der Waals surface area contributed by atoms with Crippen molar-refractivity contribution in [1.82, 2.24) is 10.2 Å². The van der Waals surface area contributed by atoms with E-state index in [0.29, 0.717) is 11.4 Å². The molecule has 1 aromatic rings. The van der Waals surface area contributed by atoms with Crippen molar-refractivity contribution in [3.63, 3.8) is 0 Å². The van der Waals surface area contributed by atoms with Crippen molar-refractivity contribution in [2.24, 2.45) is 0 Å². The average Bonchev–Trinajstić information content (AvgIpc) is 2.89. The molecule has 2 amide bonds. The van der Waals surface area contributed by atoms with Crippen LogP contribution in [0.15, 0.2) is 17.5 Å². The Hall–Kier alpha value is -1.56. The van der Waals surface area contributed by atoms with Crippen LogP contribution in [0.4, 0.5) is 4.79 Å². The SMILES string of the molecule is CCC(C)N(CC)C(=O)NC(C(=O)O)c1cccs1. The number of hydrogen-bond acceptors (Lipinski definition) is 3. The van der Waals surface area contributed by atoms with E-state index in [1.807, 2.05) is 20.8 Å². The number of carbonyl (C=O) groups excluding carboxylic acids is 1. The molecule has 0 fully saturated rings. The van der Waals surface area contributed by atoms with Gasteiger partial charge in [-0.15, -0.1) is 11.3 Å². The van der Waals surface area contributed by atoms with Gasteiger partial charge >= 0.3 is 12.0 Å². The summed E-state index contributed by atoms with van der Waals surface area (Å²) in [7, 11) is 0. The zero-order chi connectivity index (χ0) is 14.4. The maximum absolute atomic E-state index is 12.1. The van der Waals surface area contributed by atoms with Crippen LogP contribution in [0.3, 0.4) is 0 Å². The zero-order valence-electron chi connectivity index (χ0n) is 11.4. The fraction of sp³-hybridized carbons (Fsp3) is 0.538. The maximum Gasteiger partial charge on any atom is 0.331 e. The van der Waals surface area contributed by atoms with Crippen LogP contribution < -0.4 is 5.32 Å². The van der Waals surface area contributed by atoms with Crippen LogP contribution >= 0.6 is 11.3 Å². The molecule has 0 radical (unpaired) electrons. The van der Waals surface area contributed by atoms with Crippen LogP contribution in [0.5, 0.6) is 0 Å². The highest BCUT2D eigenvalue weighted by molar-refractivity contribution is 7.10. The minimum absolute atomic E-state index is 0.0859. The quantitative estimate of drug-likeness (QED) is 0.844. The predicted molar refractivity (Wildman–Crippen MR) is 75.4 cm³/mol. The summed E-state index contributed by atoms with van der Waals surface area (Å²) in [5.74, 6) is -1.05. The molecule has 0 saturated carbocycles. The lowest BCUT2D eigenvalue weighted by Gasteiger charge is -2.28. The highest BCUT2D eigenvalue weighted by Gasteiger charge is 2.26. The normalized spacial score (nSPS) is 13.6. The Labute approximate surface area is 117 Å². The van der Waals surface area contributed by atoms with E-state index >= 15 is 0 Å². The van der Waals surface area contributed by atoms with E-state index in [1.165, 1.54) is 11.3 Å². The fourth-order valence-electron chi connectivity index (χ4n) is 1.79.